The fraction of sp³-hybridized carbons (Fsp3) is 0.125. The molecule has 0 saturated carbocycles. The lowest BCUT2D eigenvalue weighted by Gasteiger charge is -2.04. The van der Waals surface area contributed by atoms with Gasteiger partial charge in [0.15, 0.2) is 0 Å². The summed E-state index contributed by atoms with van der Waals surface area (Å²) in [5.74, 6) is -5.02. The molecule has 0 fully saturated rings. The number of carbonyl (C=O) groups is 1. The second-order valence-corrected chi connectivity index (χ2v) is 2.43. The van der Waals surface area contributed by atoms with Crippen LogP contribution < -0.4 is 0 Å². The predicted octanol–water partition coefficient (Wildman–Crippen LogP) is 2.60. The minimum atomic E-state index is -3.17. The van der Waals surface area contributed by atoms with E-state index in [0.29, 0.717) is 12.1 Å². The highest BCUT2D eigenvalue weighted by Gasteiger charge is 2.23. The van der Waals surface area contributed by atoms with Crippen LogP contribution in [0.15, 0.2) is 12.1 Å². The molecule has 0 aliphatic carbocycles. The van der Waals surface area contributed by atoms with Crippen molar-refractivity contribution in [1.82, 2.24) is 0 Å². The number of hydrogen-bond acceptors (Lipinski definition) is 1. The maximum atomic E-state index is 12.9. The summed E-state index contributed by atoms with van der Waals surface area (Å²) < 4.78 is 49.7. The summed E-state index contributed by atoms with van der Waals surface area (Å²) in [6.07, 6.45) is -3.17. The number of carboxylic acid groups (broad SMARTS) is 1. The van der Waals surface area contributed by atoms with Crippen molar-refractivity contribution in [3.63, 3.8) is 0 Å². The Bertz CT molecular complexity index is 376. The van der Waals surface area contributed by atoms with Crippen LogP contribution in [0.1, 0.15) is 22.3 Å². The number of carboxylic acids is 1. The van der Waals surface area contributed by atoms with Crippen LogP contribution in [0.25, 0.3) is 0 Å². The summed E-state index contributed by atoms with van der Waals surface area (Å²) in [6.45, 7) is 0. The van der Waals surface area contributed by atoms with Gasteiger partial charge in [-0.05, 0) is 12.1 Å². The molecule has 14 heavy (non-hydrogen) atoms. The van der Waals surface area contributed by atoms with E-state index in [1.807, 2.05) is 0 Å². The Kier molecular flexibility index (Phi) is 2.73. The second-order valence-electron chi connectivity index (χ2n) is 2.43. The molecule has 0 aromatic heterocycles. The Balaban J connectivity index is 3.41. The molecule has 0 atom stereocenters. The van der Waals surface area contributed by atoms with E-state index in [1.54, 1.807) is 0 Å². The number of hydrogen-bond donors (Lipinski definition) is 1. The first kappa shape index (κ1) is 10.5. The third-order valence-electron chi connectivity index (χ3n) is 1.57. The average Bonchev–Trinajstić information content (AvgIpc) is 2.02. The molecule has 0 heterocycles. The van der Waals surface area contributed by atoms with Crippen LogP contribution in [-0.4, -0.2) is 11.1 Å². The minimum absolute atomic E-state index is 0.494. The average molecular weight is 208 g/mol. The molecule has 0 aliphatic heterocycles. The van der Waals surface area contributed by atoms with Gasteiger partial charge in [0.05, 0.1) is 5.56 Å². The van der Waals surface area contributed by atoms with E-state index < -0.39 is 35.2 Å². The highest BCUT2D eigenvalue weighted by Crippen LogP contribution is 2.25. The van der Waals surface area contributed by atoms with E-state index in [1.165, 1.54) is 0 Å². The molecule has 0 saturated heterocycles. The summed E-state index contributed by atoms with van der Waals surface area (Å²) >= 11 is 0. The van der Waals surface area contributed by atoms with Crippen LogP contribution in [0.3, 0.4) is 0 Å². The van der Waals surface area contributed by atoms with Crippen LogP contribution in [0, 0.1) is 11.6 Å². The van der Waals surface area contributed by atoms with E-state index in [-0.39, 0.29) is 0 Å². The molecule has 1 aromatic carbocycles. The van der Waals surface area contributed by atoms with Crippen LogP contribution in [0.5, 0.6) is 0 Å². The molecule has 0 aliphatic rings. The van der Waals surface area contributed by atoms with Crippen molar-refractivity contribution >= 4 is 5.97 Å². The Hall–Kier alpha value is -1.59. The zero-order valence-electron chi connectivity index (χ0n) is 6.60. The molecular weight excluding hydrogens is 204 g/mol. The summed E-state index contributed by atoms with van der Waals surface area (Å²) in [5.41, 5.74) is -2.48. The number of alkyl halides is 2. The molecule has 76 valence electrons. The van der Waals surface area contributed by atoms with Gasteiger partial charge in [-0.2, -0.15) is 0 Å². The first-order chi connectivity index (χ1) is 6.45. The van der Waals surface area contributed by atoms with Gasteiger partial charge in [-0.3, -0.25) is 0 Å². The lowest BCUT2D eigenvalue weighted by molar-refractivity contribution is 0.0684. The lowest BCUT2D eigenvalue weighted by atomic mass is 10.1. The Morgan fingerprint density at radius 2 is 1.86 bits per heavy atom. The third kappa shape index (κ3) is 1.68. The normalized spacial score (nSPS) is 10.6. The van der Waals surface area contributed by atoms with Crippen molar-refractivity contribution in [3.05, 3.63) is 34.9 Å². The molecule has 1 rings (SSSR count). The minimum Gasteiger partial charge on any atom is -0.477 e. The monoisotopic (exact) mass is 208 g/mol. The van der Waals surface area contributed by atoms with Gasteiger partial charge in [-0.1, -0.05) is 0 Å². The molecule has 2 nitrogen and oxygen atoms in total. The van der Waals surface area contributed by atoms with E-state index >= 15 is 0 Å². The van der Waals surface area contributed by atoms with E-state index in [9.17, 15) is 22.4 Å². The van der Waals surface area contributed by atoms with Crippen molar-refractivity contribution < 1.29 is 27.5 Å². The van der Waals surface area contributed by atoms with Crippen molar-refractivity contribution in [2.75, 3.05) is 0 Å². The topological polar surface area (TPSA) is 37.3 Å². The molecular formula is C8H4F4O2. The summed E-state index contributed by atoms with van der Waals surface area (Å²) in [7, 11) is 0. The Morgan fingerprint density at radius 3 is 2.29 bits per heavy atom. The Labute approximate surface area is 75.8 Å². The van der Waals surface area contributed by atoms with Crippen molar-refractivity contribution in [2.24, 2.45) is 0 Å². The number of rotatable bonds is 2. The first-order valence-electron chi connectivity index (χ1n) is 3.44. The SMILES string of the molecule is O=C(O)c1c(F)ccc(C(F)F)c1F. The molecule has 0 radical (unpaired) electrons. The highest BCUT2D eigenvalue weighted by atomic mass is 19.3. The van der Waals surface area contributed by atoms with E-state index in [2.05, 4.69) is 0 Å². The zero-order valence-corrected chi connectivity index (χ0v) is 6.60. The zero-order chi connectivity index (χ0) is 10.9. The van der Waals surface area contributed by atoms with Gasteiger partial charge in [0.2, 0.25) is 0 Å². The Morgan fingerprint density at radius 1 is 1.29 bits per heavy atom. The molecule has 1 aromatic rings. The number of benzene rings is 1. The van der Waals surface area contributed by atoms with Gasteiger partial charge in [0.1, 0.15) is 17.2 Å². The standard InChI is InChI=1S/C8H4F4O2/c9-4-2-1-3(7(11)12)6(10)5(4)8(13)14/h1-2,7H,(H,13,14). The quantitative estimate of drug-likeness (QED) is 0.758. The fourth-order valence-corrected chi connectivity index (χ4v) is 0.933. The van der Waals surface area contributed by atoms with E-state index in [4.69, 9.17) is 5.11 Å². The van der Waals surface area contributed by atoms with Gasteiger partial charge < -0.3 is 5.11 Å². The van der Waals surface area contributed by atoms with E-state index in [0.717, 1.165) is 0 Å². The predicted molar refractivity (Wildman–Crippen MR) is 38.3 cm³/mol. The van der Waals surface area contributed by atoms with Gasteiger partial charge in [0.25, 0.3) is 6.43 Å². The molecule has 1 N–H and O–H groups in total. The molecule has 6 heteroatoms. The number of aromatic carboxylic acids is 1. The van der Waals surface area contributed by atoms with Gasteiger partial charge in [-0.25, -0.2) is 22.4 Å². The summed E-state index contributed by atoms with van der Waals surface area (Å²) in [4.78, 5) is 10.3. The lowest BCUT2D eigenvalue weighted by Crippen LogP contribution is -2.07. The molecule has 0 amide bonds. The van der Waals surface area contributed by atoms with Crippen LogP contribution >= 0.6 is 0 Å². The van der Waals surface area contributed by atoms with Crippen LogP contribution in [-0.2, 0) is 0 Å². The van der Waals surface area contributed by atoms with Crippen LogP contribution in [0.2, 0.25) is 0 Å². The van der Waals surface area contributed by atoms with Crippen LogP contribution in [0.4, 0.5) is 17.6 Å². The summed E-state index contributed by atoms with van der Waals surface area (Å²) in [5, 5.41) is 8.33. The molecule has 0 unspecified atom stereocenters. The highest BCUT2D eigenvalue weighted by molar-refractivity contribution is 5.88. The van der Waals surface area contributed by atoms with Gasteiger partial charge in [0, 0.05) is 0 Å². The van der Waals surface area contributed by atoms with Crippen molar-refractivity contribution in [3.8, 4) is 0 Å². The second kappa shape index (κ2) is 3.65. The first-order valence-corrected chi connectivity index (χ1v) is 3.44. The molecule has 0 bridgehead atoms. The largest absolute Gasteiger partial charge is 0.477 e. The fourth-order valence-electron chi connectivity index (χ4n) is 0.933. The third-order valence-corrected chi connectivity index (χ3v) is 1.57. The van der Waals surface area contributed by atoms with Gasteiger partial charge in [-0.15, -0.1) is 0 Å². The van der Waals surface area contributed by atoms with Crippen molar-refractivity contribution in [1.29, 1.82) is 0 Å². The maximum Gasteiger partial charge on any atom is 0.341 e. The summed E-state index contributed by atoms with van der Waals surface area (Å²) in [6, 6.07) is 1.01. The maximum absolute atomic E-state index is 12.9. The van der Waals surface area contributed by atoms with Gasteiger partial charge >= 0.3 is 5.97 Å². The van der Waals surface area contributed by atoms with Crippen molar-refractivity contribution in [2.45, 2.75) is 6.43 Å². The smallest absolute Gasteiger partial charge is 0.341 e. The molecule has 0 spiro atoms. The number of halogens is 4.